The lowest BCUT2D eigenvalue weighted by Gasteiger charge is -2.15. The summed E-state index contributed by atoms with van der Waals surface area (Å²) in [5.74, 6) is 0.404. The number of hydrogen-bond acceptors (Lipinski definition) is 1. The molecule has 94 valence electrons. The molecular weight excluding hydrogens is 196 g/mol. The van der Waals surface area contributed by atoms with Crippen LogP contribution in [0.4, 0.5) is 0 Å². The Bertz CT molecular complexity index is 234. The Labute approximate surface area is 101 Å². The highest BCUT2D eigenvalue weighted by Crippen LogP contribution is 2.14. The minimum Gasteiger partial charge on any atom is -0.393 e. The van der Waals surface area contributed by atoms with Crippen LogP contribution in [0.3, 0.4) is 0 Å². The zero-order chi connectivity index (χ0) is 12.6. The fraction of sp³-hybridized carbons (Fsp3) is 0.733. The zero-order valence-electron chi connectivity index (χ0n) is 11.6. The minimum atomic E-state index is -0.177. The van der Waals surface area contributed by atoms with Gasteiger partial charge in [0.25, 0.3) is 0 Å². The van der Waals surface area contributed by atoms with Gasteiger partial charge in [0, 0.05) is 0 Å². The molecule has 0 bridgehead atoms. The molecule has 0 rings (SSSR count). The average molecular weight is 224 g/mol. The number of aliphatic hydroxyl groups excluding tert-OH is 1. The summed E-state index contributed by atoms with van der Waals surface area (Å²) in [6, 6.07) is 0. The van der Waals surface area contributed by atoms with Crippen molar-refractivity contribution in [1.29, 1.82) is 0 Å². The number of hydrogen-bond donors (Lipinski definition) is 1. The van der Waals surface area contributed by atoms with Crippen LogP contribution in [-0.4, -0.2) is 11.2 Å². The van der Waals surface area contributed by atoms with E-state index in [1.807, 2.05) is 0 Å². The Hall–Kier alpha value is -0.560. The molecule has 0 radical (unpaired) electrons. The van der Waals surface area contributed by atoms with Crippen molar-refractivity contribution in [3.63, 3.8) is 0 Å². The first-order chi connectivity index (χ1) is 7.47. The van der Waals surface area contributed by atoms with Gasteiger partial charge in [-0.3, -0.25) is 0 Å². The third-order valence-corrected chi connectivity index (χ3v) is 3.10. The highest BCUT2D eigenvalue weighted by molar-refractivity contribution is 5.02. The molecule has 0 saturated heterocycles. The van der Waals surface area contributed by atoms with Crippen LogP contribution < -0.4 is 0 Å². The van der Waals surface area contributed by atoms with Gasteiger partial charge in [0.15, 0.2) is 0 Å². The summed E-state index contributed by atoms with van der Waals surface area (Å²) in [6.45, 7) is 10.6. The molecule has 0 aromatic rings. The van der Waals surface area contributed by atoms with Gasteiger partial charge in [0.1, 0.15) is 0 Å². The van der Waals surface area contributed by atoms with Gasteiger partial charge in [-0.15, -0.1) is 0 Å². The van der Waals surface area contributed by atoms with E-state index in [4.69, 9.17) is 0 Å². The topological polar surface area (TPSA) is 20.2 Å². The van der Waals surface area contributed by atoms with Crippen LogP contribution in [0.25, 0.3) is 0 Å². The van der Waals surface area contributed by atoms with Crippen molar-refractivity contribution in [3.8, 4) is 0 Å². The summed E-state index contributed by atoms with van der Waals surface area (Å²) in [4.78, 5) is 0. The van der Waals surface area contributed by atoms with E-state index in [-0.39, 0.29) is 6.10 Å². The second-order valence-corrected chi connectivity index (χ2v) is 5.06. The van der Waals surface area contributed by atoms with E-state index in [0.717, 1.165) is 25.7 Å². The maximum Gasteiger partial charge on any atom is 0.0600 e. The van der Waals surface area contributed by atoms with Gasteiger partial charge >= 0.3 is 0 Å². The summed E-state index contributed by atoms with van der Waals surface area (Å²) in [6.07, 6.45) is 8.35. The van der Waals surface area contributed by atoms with Crippen LogP contribution in [0, 0.1) is 5.92 Å². The first-order valence-electron chi connectivity index (χ1n) is 6.44. The standard InChI is InChI=1S/C15H28O/c1-6-14(5)15(16)11-10-13(4)9-7-8-12(2)3/h8,10,14-16H,6-7,9,11H2,1-5H3/b13-10+. The van der Waals surface area contributed by atoms with E-state index in [1.54, 1.807) is 0 Å². The molecule has 0 heterocycles. The van der Waals surface area contributed by atoms with Gasteiger partial charge in [-0.05, 0) is 46.0 Å². The van der Waals surface area contributed by atoms with Gasteiger partial charge < -0.3 is 5.11 Å². The van der Waals surface area contributed by atoms with Crippen molar-refractivity contribution in [1.82, 2.24) is 0 Å². The Kier molecular flexibility index (Phi) is 8.28. The van der Waals surface area contributed by atoms with Crippen LogP contribution in [-0.2, 0) is 0 Å². The van der Waals surface area contributed by atoms with Crippen LogP contribution >= 0.6 is 0 Å². The summed E-state index contributed by atoms with van der Waals surface area (Å²) in [5.41, 5.74) is 2.77. The van der Waals surface area contributed by atoms with Crippen molar-refractivity contribution in [3.05, 3.63) is 23.3 Å². The molecule has 0 aliphatic heterocycles. The molecular formula is C15H28O. The number of rotatable bonds is 7. The lowest BCUT2D eigenvalue weighted by Crippen LogP contribution is -2.15. The third kappa shape index (κ3) is 7.70. The van der Waals surface area contributed by atoms with E-state index in [2.05, 4.69) is 46.8 Å². The first-order valence-corrected chi connectivity index (χ1v) is 6.44. The molecule has 0 aromatic heterocycles. The predicted octanol–water partition coefficient (Wildman–Crippen LogP) is 4.48. The molecule has 0 aliphatic carbocycles. The van der Waals surface area contributed by atoms with Crippen molar-refractivity contribution in [2.24, 2.45) is 5.92 Å². The second-order valence-electron chi connectivity index (χ2n) is 5.06. The third-order valence-electron chi connectivity index (χ3n) is 3.10. The van der Waals surface area contributed by atoms with Crippen LogP contribution in [0.15, 0.2) is 23.3 Å². The maximum atomic E-state index is 9.82. The Balaban J connectivity index is 3.90. The van der Waals surface area contributed by atoms with E-state index in [0.29, 0.717) is 5.92 Å². The van der Waals surface area contributed by atoms with Gasteiger partial charge in [-0.1, -0.05) is 43.6 Å². The summed E-state index contributed by atoms with van der Waals surface area (Å²) in [5, 5.41) is 9.82. The molecule has 0 aromatic carbocycles. The Morgan fingerprint density at radius 3 is 2.31 bits per heavy atom. The van der Waals surface area contributed by atoms with E-state index in [1.165, 1.54) is 11.1 Å². The zero-order valence-corrected chi connectivity index (χ0v) is 11.6. The van der Waals surface area contributed by atoms with Crippen LogP contribution in [0.5, 0.6) is 0 Å². The van der Waals surface area contributed by atoms with Crippen molar-refractivity contribution >= 4 is 0 Å². The summed E-state index contributed by atoms with van der Waals surface area (Å²) in [7, 11) is 0. The molecule has 16 heavy (non-hydrogen) atoms. The van der Waals surface area contributed by atoms with Gasteiger partial charge in [-0.25, -0.2) is 0 Å². The van der Waals surface area contributed by atoms with Gasteiger partial charge in [0.2, 0.25) is 0 Å². The fourth-order valence-electron chi connectivity index (χ4n) is 1.52. The average Bonchev–Trinajstić information content (AvgIpc) is 2.24. The SMILES string of the molecule is CCC(C)C(O)C/C=C(\C)CCC=C(C)C. The Morgan fingerprint density at radius 2 is 1.81 bits per heavy atom. The Morgan fingerprint density at radius 1 is 1.19 bits per heavy atom. The first kappa shape index (κ1) is 15.4. The quantitative estimate of drug-likeness (QED) is 0.632. The largest absolute Gasteiger partial charge is 0.393 e. The molecule has 0 fully saturated rings. The lowest BCUT2D eigenvalue weighted by atomic mass is 9.98. The maximum absolute atomic E-state index is 9.82. The van der Waals surface area contributed by atoms with E-state index in [9.17, 15) is 5.11 Å². The van der Waals surface area contributed by atoms with Crippen LogP contribution in [0.1, 0.15) is 60.3 Å². The number of allylic oxidation sites excluding steroid dienone is 3. The highest BCUT2D eigenvalue weighted by Gasteiger charge is 2.09. The van der Waals surface area contributed by atoms with Crippen molar-refractivity contribution in [2.75, 3.05) is 0 Å². The molecule has 0 spiro atoms. The van der Waals surface area contributed by atoms with Gasteiger partial charge in [-0.2, -0.15) is 0 Å². The monoisotopic (exact) mass is 224 g/mol. The molecule has 0 aliphatic rings. The van der Waals surface area contributed by atoms with Crippen molar-refractivity contribution < 1.29 is 5.11 Å². The molecule has 0 amide bonds. The molecule has 1 heteroatoms. The van der Waals surface area contributed by atoms with Crippen LogP contribution in [0.2, 0.25) is 0 Å². The summed E-state index contributed by atoms with van der Waals surface area (Å²) < 4.78 is 0. The normalized spacial score (nSPS) is 15.8. The molecule has 0 saturated carbocycles. The molecule has 1 N–H and O–H groups in total. The molecule has 1 nitrogen and oxygen atoms in total. The molecule has 2 atom stereocenters. The lowest BCUT2D eigenvalue weighted by molar-refractivity contribution is 0.117. The second kappa shape index (κ2) is 8.58. The fourth-order valence-corrected chi connectivity index (χ4v) is 1.52. The highest BCUT2D eigenvalue weighted by atomic mass is 16.3. The predicted molar refractivity (Wildman–Crippen MR) is 72.5 cm³/mol. The van der Waals surface area contributed by atoms with E-state index < -0.39 is 0 Å². The summed E-state index contributed by atoms with van der Waals surface area (Å²) >= 11 is 0. The van der Waals surface area contributed by atoms with E-state index >= 15 is 0 Å². The number of aliphatic hydroxyl groups is 1. The van der Waals surface area contributed by atoms with Gasteiger partial charge in [0.05, 0.1) is 6.10 Å². The smallest absolute Gasteiger partial charge is 0.0600 e. The molecule has 2 unspecified atom stereocenters. The minimum absolute atomic E-state index is 0.177. The van der Waals surface area contributed by atoms with Crippen molar-refractivity contribution in [2.45, 2.75) is 66.4 Å².